The lowest BCUT2D eigenvalue weighted by Crippen LogP contribution is -2.46. The Labute approximate surface area is 191 Å². The van der Waals surface area contributed by atoms with Crippen molar-refractivity contribution in [3.8, 4) is 17.0 Å². The van der Waals surface area contributed by atoms with Crippen LogP contribution >= 0.6 is 0 Å². The highest BCUT2D eigenvalue weighted by molar-refractivity contribution is 6.08. The summed E-state index contributed by atoms with van der Waals surface area (Å²) >= 11 is 0. The Hall–Kier alpha value is -3.62. The maximum atomic E-state index is 13.0. The first-order chi connectivity index (χ1) is 16.0. The number of piperidine rings is 1. The van der Waals surface area contributed by atoms with Gasteiger partial charge in [-0.1, -0.05) is 11.6 Å². The smallest absolute Gasteiger partial charge is 0.407 e. The lowest BCUT2D eigenvalue weighted by atomic mass is 10.0. The van der Waals surface area contributed by atoms with Crippen LogP contribution < -0.4 is 10.1 Å². The van der Waals surface area contributed by atoms with Crippen molar-refractivity contribution in [2.75, 3.05) is 19.7 Å². The van der Waals surface area contributed by atoms with Crippen molar-refractivity contribution in [3.05, 3.63) is 41.9 Å². The van der Waals surface area contributed by atoms with Gasteiger partial charge in [-0.05, 0) is 50.7 Å². The van der Waals surface area contributed by atoms with Crippen LogP contribution in [0.15, 0.2) is 30.7 Å². The van der Waals surface area contributed by atoms with Crippen LogP contribution in [0.3, 0.4) is 0 Å². The monoisotopic (exact) mass is 449 g/mol. The lowest BCUT2D eigenvalue weighted by molar-refractivity contribution is 0.0909. The van der Waals surface area contributed by atoms with Gasteiger partial charge in [-0.2, -0.15) is 0 Å². The first-order valence-corrected chi connectivity index (χ1v) is 11.3. The molecule has 33 heavy (non-hydrogen) atoms. The van der Waals surface area contributed by atoms with E-state index in [1.165, 1.54) is 24.1 Å². The summed E-state index contributed by atoms with van der Waals surface area (Å²) in [5, 5.41) is 12.1. The molecular formula is C24H27N5O4. The van der Waals surface area contributed by atoms with Crippen LogP contribution in [-0.2, 0) is 0 Å². The van der Waals surface area contributed by atoms with Crippen molar-refractivity contribution in [1.29, 1.82) is 0 Å². The second-order valence-corrected chi connectivity index (χ2v) is 8.92. The maximum absolute atomic E-state index is 13.0. The predicted octanol–water partition coefficient (Wildman–Crippen LogP) is 3.59. The van der Waals surface area contributed by atoms with Crippen LogP contribution in [-0.4, -0.2) is 62.7 Å². The van der Waals surface area contributed by atoms with E-state index in [0.29, 0.717) is 60.7 Å². The molecule has 1 saturated carbocycles. The Balaban J connectivity index is 1.39. The van der Waals surface area contributed by atoms with E-state index in [0.717, 1.165) is 16.9 Å². The number of H-pyrrole nitrogens is 1. The minimum absolute atomic E-state index is 0.0708. The molecule has 2 fully saturated rings. The van der Waals surface area contributed by atoms with Crippen LogP contribution in [0.5, 0.6) is 5.75 Å². The van der Waals surface area contributed by atoms with E-state index >= 15 is 0 Å². The molecule has 0 spiro atoms. The zero-order chi connectivity index (χ0) is 22.9. The van der Waals surface area contributed by atoms with E-state index in [9.17, 15) is 9.59 Å². The van der Waals surface area contributed by atoms with Crippen molar-refractivity contribution >= 4 is 23.0 Å². The first kappa shape index (κ1) is 21.2. The molecule has 0 unspecified atom stereocenters. The molecule has 2 amide bonds. The fourth-order valence-electron chi connectivity index (χ4n) is 4.24. The van der Waals surface area contributed by atoms with Crippen molar-refractivity contribution in [2.24, 2.45) is 5.92 Å². The zero-order valence-electron chi connectivity index (χ0n) is 18.5. The molecule has 1 saturated heterocycles. The number of hydrogen-bond donors (Lipinski definition) is 3. The van der Waals surface area contributed by atoms with Gasteiger partial charge in [0.2, 0.25) is 0 Å². The molecule has 3 heterocycles. The normalized spacial score (nSPS) is 16.7. The van der Waals surface area contributed by atoms with Gasteiger partial charge in [0.15, 0.2) is 0 Å². The number of aryl methyl sites for hydroxylation is 1. The second-order valence-electron chi connectivity index (χ2n) is 8.92. The maximum Gasteiger partial charge on any atom is 0.407 e. The van der Waals surface area contributed by atoms with Crippen LogP contribution in [0.4, 0.5) is 4.79 Å². The minimum atomic E-state index is -0.919. The van der Waals surface area contributed by atoms with Crippen LogP contribution in [0.1, 0.15) is 41.6 Å². The molecule has 9 nitrogen and oxygen atoms in total. The summed E-state index contributed by atoms with van der Waals surface area (Å²) in [4.78, 5) is 37.6. The zero-order valence-corrected chi connectivity index (χ0v) is 18.5. The van der Waals surface area contributed by atoms with Crippen molar-refractivity contribution in [1.82, 2.24) is 25.2 Å². The highest BCUT2D eigenvalue weighted by atomic mass is 16.5. The number of rotatable bonds is 6. The second kappa shape index (κ2) is 8.73. The Bertz CT molecular complexity index is 1190. The number of amides is 2. The number of ether oxygens (including phenoxy) is 1. The van der Waals surface area contributed by atoms with Gasteiger partial charge in [0.05, 0.1) is 17.7 Å². The number of aromatic amines is 1. The third-order valence-corrected chi connectivity index (χ3v) is 6.37. The Kier molecular flexibility index (Phi) is 5.62. The quantitative estimate of drug-likeness (QED) is 0.529. The highest BCUT2D eigenvalue weighted by Gasteiger charge is 2.26. The molecule has 9 heteroatoms. The summed E-state index contributed by atoms with van der Waals surface area (Å²) in [5.74, 6) is 1.18. The summed E-state index contributed by atoms with van der Waals surface area (Å²) in [6, 6.07) is 5.97. The van der Waals surface area contributed by atoms with Gasteiger partial charge in [-0.3, -0.25) is 4.79 Å². The Morgan fingerprint density at radius 3 is 2.73 bits per heavy atom. The van der Waals surface area contributed by atoms with E-state index in [4.69, 9.17) is 9.84 Å². The topological polar surface area (TPSA) is 120 Å². The summed E-state index contributed by atoms with van der Waals surface area (Å²) in [6.45, 7) is 3.55. The summed E-state index contributed by atoms with van der Waals surface area (Å²) in [6.07, 6.45) is 5.81. The molecule has 3 N–H and O–H groups in total. The number of nitrogens with zero attached hydrogens (tertiary/aromatic N) is 3. The highest BCUT2D eigenvalue weighted by Crippen LogP contribution is 2.36. The molecule has 172 valence electrons. The standard InChI is InChI=1S/C24H27N5O4/c1-14-2-5-19(33-12-15-3-4-15)17(10-14)20-22-21(27-13-26-20)18(11-25-22)23(30)28-16-6-8-29(9-7-16)24(31)32/h2,5,10-11,13,15-16,25H,3-4,6-9,12H2,1H3,(H,28,30)(H,31,32). The molecule has 2 aromatic heterocycles. The molecule has 1 aliphatic heterocycles. The summed E-state index contributed by atoms with van der Waals surface area (Å²) in [7, 11) is 0. The fourth-order valence-corrected chi connectivity index (χ4v) is 4.24. The molecule has 3 aromatic rings. The molecule has 5 rings (SSSR count). The van der Waals surface area contributed by atoms with Gasteiger partial charge in [0.25, 0.3) is 5.91 Å². The third-order valence-electron chi connectivity index (χ3n) is 6.37. The predicted molar refractivity (Wildman–Crippen MR) is 122 cm³/mol. The van der Waals surface area contributed by atoms with E-state index in [-0.39, 0.29) is 11.9 Å². The molecule has 1 aromatic carbocycles. The lowest BCUT2D eigenvalue weighted by Gasteiger charge is -2.30. The number of fused-ring (bicyclic) bond motifs is 1. The van der Waals surface area contributed by atoms with Crippen LogP contribution in [0.25, 0.3) is 22.3 Å². The minimum Gasteiger partial charge on any atom is -0.493 e. The van der Waals surface area contributed by atoms with Crippen molar-refractivity contribution in [2.45, 2.75) is 38.6 Å². The fraction of sp³-hybridized carbons (Fsp3) is 0.417. The van der Waals surface area contributed by atoms with Gasteiger partial charge in [-0.15, -0.1) is 0 Å². The number of nitrogens with one attached hydrogen (secondary N) is 2. The van der Waals surface area contributed by atoms with Gasteiger partial charge < -0.3 is 25.0 Å². The number of likely N-dealkylation sites (tertiary alicyclic amines) is 1. The average molecular weight is 450 g/mol. The Morgan fingerprint density at radius 2 is 2.00 bits per heavy atom. The number of benzene rings is 1. The van der Waals surface area contributed by atoms with Gasteiger partial charge >= 0.3 is 6.09 Å². The van der Waals surface area contributed by atoms with E-state index in [1.807, 2.05) is 25.1 Å². The molecule has 0 atom stereocenters. The number of hydrogen-bond acceptors (Lipinski definition) is 5. The molecule has 2 aliphatic rings. The summed E-state index contributed by atoms with van der Waals surface area (Å²) in [5.41, 5.74) is 4.34. The van der Waals surface area contributed by atoms with Crippen molar-refractivity contribution in [3.63, 3.8) is 0 Å². The van der Waals surface area contributed by atoms with E-state index in [1.54, 1.807) is 6.20 Å². The van der Waals surface area contributed by atoms with E-state index in [2.05, 4.69) is 20.3 Å². The Morgan fingerprint density at radius 1 is 1.21 bits per heavy atom. The van der Waals surface area contributed by atoms with Gasteiger partial charge in [-0.25, -0.2) is 14.8 Å². The molecule has 1 aliphatic carbocycles. The molecule has 0 bridgehead atoms. The first-order valence-electron chi connectivity index (χ1n) is 11.3. The number of carbonyl (C=O) groups excluding carboxylic acids is 1. The number of carboxylic acid groups (broad SMARTS) is 1. The molecule has 0 radical (unpaired) electrons. The van der Waals surface area contributed by atoms with E-state index < -0.39 is 6.09 Å². The third kappa shape index (κ3) is 4.48. The number of aromatic nitrogens is 3. The van der Waals surface area contributed by atoms with Crippen molar-refractivity contribution < 1.29 is 19.4 Å². The SMILES string of the molecule is Cc1ccc(OCC2CC2)c(-c2ncnc3c(C(=O)NC4CCN(C(=O)O)CC4)c[nH]c23)c1. The van der Waals surface area contributed by atoms with Gasteiger partial charge in [0.1, 0.15) is 23.3 Å². The van der Waals surface area contributed by atoms with Crippen LogP contribution in [0, 0.1) is 12.8 Å². The molecular weight excluding hydrogens is 422 g/mol. The summed E-state index contributed by atoms with van der Waals surface area (Å²) < 4.78 is 6.10. The average Bonchev–Trinajstić information content (AvgIpc) is 3.54. The van der Waals surface area contributed by atoms with Gasteiger partial charge in [0, 0.05) is 30.9 Å². The number of carbonyl (C=O) groups is 2. The largest absolute Gasteiger partial charge is 0.493 e. The van der Waals surface area contributed by atoms with Crippen LogP contribution in [0.2, 0.25) is 0 Å².